The summed E-state index contributed by atoms with van der Waals surface area (Å²) in [4.78, 5) is 13.3. The highest BCUT2D eigenvalue weighted by atomic mass is 79.9. The number of nitriles is 1. The Kier molecular flexibility index (Phi) is 3.72. The maximum absolute atomic E-state index is 12.0. The summed E-state index contributed by atoms with van der Waals surface area (Å²) in [5.41, 5.74) is 4.81. The van der Waals surface area contributed by atoms with E-state index >= 15 is 0 Å². The zero-order chi connectivity index (χ0) is 15.5. The van der Waals surface area contributed by atoms with Crippen LogP contribution >= 0.6 is 15.9 Å². The summed E-state index contributed by atoms with van der Waals surface area (Å²) in [6.45, 7) is 0. The molecule has 0 fully saturated rings. The number of aromatic nitrogens is 3. The molecule has 0 aliphatic carbocycles. The molecule has 0 saturated heterocycles. The molecule has 0 bridgehead atoms. The molecule has 1 heterocycles. The van der Waals surface area contributed by atoms with E-state index in [1.807, 2.05) is 24.3 Å². The molecule has 7 nitrogen and oxygen atoms in total. The van der Waals surface area contributed by atoms with E-state index in [9.17, 15) is 4.79 Å². The van der Waals surface area contributed by atoms with E-state index in [2.05, 4.69) is 37.0 Å². The van der Waals surface area contributed by atoms with Gasteiger partial charge in [-0.2, -0.15) is 5.26 Å². The Bertz CT molecular complexity index is 898. The van der Waals surface area contributed by atoms with Gasteiger partial charge in [-0.15, -0.1) is 9.89 Å². The average molecular weight is 357 g/mol. The van der Waals surface area contributed by atoms with Gasteiger partial charge in [0.05, 0.1) is 17.3 Å². The van der Waals surface area contributed by atoms with Gasteiger partial charge in [0, 0.05) is 4.47 Å². The number of hydrogen-bond donors (Lipinski definition) is 2. The summed E-state index contributed by atoms with van der Waals surface area (Å²) in [6, 6.07) is 13.7. The van der Waals surface area contributed by atoms with E-state index in [4.69, 9.17) is 5.26 Å². The molecule has 0 radical (unpaired) electrons. The lowest BCUT2D eigenvalue weighted by Crippen LogP contribution is -2.28. The van der Waals surface area contributed by atoms with Crippen molar-refractivity contribution in [1.82, 2.24) is 15.1 Å². The number of nitrogens with zero attached hydrogens (tertiary/aromatic N) is 4. The number of para-hydroxylation sites is 1. The highest BCUT2D eigenvalue weighted by Crippen LogP contribution is 2.21. The SMILES string of the molecule is N#Cc1ccc2c(c1)nnn2NC(=O)Nc1ccccc1Br. The van der Waals surface area contributed by atoms with Gasteiger partial charge in [0.1, 0.15) is 11.0 Å². The van der Waals surface area contributed by atoms with Crippen LogP contribution in [-0.2, 0) is 0 Å². The normalized spacial score (nSPS) is 10.2. The van der Waals surface area contributed by atoms with Gasteiger partial charge in [0.25, 0.3) is 0 Å². The van der Waals surface area contributed by atoms with Gasteiger partial charge in [-0.05, 0) is 51.5 Å². The number of fused-ring (bicyclic) bond motifs is 1. The second-order valence-electron chi connectivity index (χ2n) is 4.36. The van der Waals surface area contributed by atoms with Gasteiger partial charge >= 0.3 is 6.03 Å². The van der Waals surface area contributed by atoms with E-state index in [1.165, 1.54) is 4.79 Å². The number of amides is 2. The molecule has 0 saturated carbocycles. The lowest BCUT2D eigenvalue weighted by Gasteiger charge is -2.08. The van der Waals surface area contributed by atoms with Gasteiger partial charge in [0.2, 0.25) is 0 Å². The smallest absolute Gasteiger partial charge is 0.305 e. The molecule has 2 amide bonds. The Morgan fingerprint density at radius 3 is 2.86 bits per heavy atom. The van der Waals surface area contributed by atoms with E-state index < -0.39 is 6.03 Å². The molecule has 0 unspecified atom stereocenters. The van der Waals surface area contributed by atoms with Crippen LogP contribution in [0, 0.1) is 11.3 Å². The van der Waals surface area contributed by atoms with E-state index in [-0.39, 0.29) is 0 Å². The summed E-state index contributed by atoms with van der Waals surface area (Å²) >= 11 is 3.35. The monoisotopic (exact) mass is 356 g/mol. The lowest BCUT2D eigenvalue weighted by molar-refractivity contribution is 0.259. The number of hydrogen-bond acceptors (Lipinski definition) is 4. The first kappa shape index (κ1) is 14.0. The zero-order valence-corrected chi connectivity index (χ0v) is 12.7. The van der Waals surface area contributed by atoms with Crippen molar-refractivity contribution >= 4 is 38.7 Å². The van der Waals surface area contributed by atoms with Crippen LogP contribution in [0.2, 0.25) is 0 Å². The Labute approximate surface area is 133 Å². The summed E-state index contributed by atoms with van der Waals surface area (Å²) in [6.07, 6.45) is 0. The number of urea groups is 1. The van der Waals surface area contributed by atoms with Crippen molar-refractivity contribution in [2.45, 2.75) is 0 Å². The largest absolute Gasteiger partial charge is 0.339 e. The molecule has 0 aliphatic rings. The topological polar surface area (TPSA) is 95.6 Å². The van der Waals surface area contributed by atoms with Gasteiger partial charge in [-0.25, -0.2) is 10.2 Å². The fourth-order valence-electron chi connectivity index (χ4n) is 1.88. The second kappa shape index (κ2) is 5.83. The van der Waals surface area contributed by atoms with Crippen LogP contribution < -0.4 is 10.7 Å². The fourth-order valence-corrected chi connectivity index (χ4v) is 2.27. The minimum absolute atomic E-state index is 0.456. The van der Waals surface area contributed by atoms with E-state index in [0.29, 0.717) is 22.3 Å². The third kappa shape index (κ3) is 2.75. The molecule has 0 aliphatic heterocycles. The van der Waals surface area contributed by atoms with Crippen LogP contribution in [0.25, 0.3) is 11.0 Å². The number of carbonyl (C=O) groups is 1. The highest BCUT2D eigenvalue weighted by molar-refractivity contribution is 9.10. The molecule has 22 heavy (non-hydrogen) atoms. The van der Waals surface area contributed by atoms with Crippen molar-refractivity contribution in [2.24, 2.45) is 0 Å². The van der Waals surface area contributed by atoms with Crippen molar-refractivity contribution in [3.8, 4) is 6.07 Å². The maximum Gasteiger partial charge on any atom is 0.339 e. The van der Waals surface area contributed by atoms with Crippen LogP contribution in [0.15, 0.2) is 46.9 Å². The Morgan fingerprint density at radius 2 is 2.09 bits per heavy atom. The van der Waals surface area contributed by atoms with Crippen LogP contribution in [0.1, 0.15) is 5.56 Å². The molecule has 2 aromatic carbocycles. The zero-order valence-electron chi connectivity index (χ0n) is 11.1. The Hall–Kier alpha value is -2.92. The number of benzene rings is 2. The van der Waals surface area contributed by atoms with Crippen molar-refractivity contribution in [3.05, 3.63) is 52.5 Å². The molecule has 0 atom stereocenters. The molecular weight excluding hydrogens is 348 g/mol. The van der Waals surface area contributed by atoms with Crippen LogP contribution in [0.5, 0.6) is 0 Å². The molecule has 3 rings (SSSR count). The Morgan fingerprint density at radius 1 is 1.27 bits per heavy atom. The second-order valence-corrected chi connectivity index (χ2v) is 5.22. The third-order valence-corrected chi connectivity index (χ3v) is 3.60. The van der Waals surface area contributed by atoms with Crippen LogP contribution in [0.3, 0.4) is 0 Å². The quantitative estimate of drug-likeness (QED) is 0.737. The highest BCUT2D eigenvalue weighted by Gasteiger charge is 2.09. The summed E-state index contributed by atoms with van der Waals surface area (Å²) < 4.78 is 0.771. The molecule has 0 spiro atoms. The number of rotatable bonds is 2. The fraction of sp³-hybridized carbons (Fsp3) is 0. The van der Waals surface area contributed by atoms with Crippen molar-refractivity contribution in [1.29, 1.82) is 5.26 Å². The number of carbonyl (C=O) groups excluding carboxylic acids is 1. The molecule has 2 N–H and O–H groups in total. The first-order valence-corrected chi connectivity index (χ1v) is 7.05. The summed E-state index contributed by atoms with van der Waals surface area (Å²) in [5, 5.41) is 19.3. The molecule has 3 aromatic rings. The molecule has 8 heteroatoms. The third-order valence-electron chi connectivity index (χ3n) is 2.90. The molecule has 1 aromatic heterocycles. The van der Waals surface area contributed by atoms with Crippen LogP contribution in [0.4, 0.5) is 10.5 Å². The number of anilines is 1. The van der Waals surface area contributed by atoms with Crippen molar-refractivity contribution in [3.63, 3.8) is 0 Å². The first-order chi connectivity index (χ1) is 10.7. The van der Waals surface area contributed by atoms with Gasteiger partial charge in [-0.3, -0.25) is 0 Å². The average Bonchev–Trinajstić information content (AvgIpc) is 2.91. The summed E-state index contributed by atoms with van der Waals surface area (Å²) in [5.74, 6) is 0. The molecule has 108 valence electrons. The minimum Gasteiger partial charge on any atom is -0.305 e. The van der Waals surface area contributed by atoms with Gasteiger partial charge in [-0.1, -0.05) is 12.1 Å². The van der Waals surface area contributed by atoms with Gasteiger partial charge < -0.3 is 5.32 Å². The maximum atomic E-state index is 12.0. The standard InChI is InChI=1S/C14H9BrN6O/c15-10-3-1-2-4-11(10)17-14(22)19-21-13-6-5-9(8-16)7-12(13)18-20-21/h1-7H,(H2,17,19,22). The van der Waals surface area contributed by atoms with E-state index in [0.717, 1.165) is 4.47 Å². The molecular formula is C14H9BrN6O. The Balaban J connectivity index is 1.80. The lowest BCUT2D eigenvalue weighted by atomic mass is 10.2. The van der Waals surface area contributed by atoms with E-state index in [1.54, 1.807) is 24.3 Å². The van der Waals surface area contributed by atoms with Gasteiger partial charge in [0.15, 0.2) is 0 Å². The number of halogens is 1. The number of nitrogens with one attached hydrogen (secondary N) is 2. The predicted octanol–water partition coefficient (Wildman–Crippen LogP) is 2.84. The van der Waals surface area contributed by atoms with Crippen molar-refractivity contribution < 1.29 is 4.79 Å². The summed E-state index contributed by atoms with van der Waals surface area (Å²) in [7, 11) is 0. The van der Waals surface area contributed by atoms with Crippen molar-refractivity contribution in [2.75, 3.05) is 10.7 Å². The predicted molar refractivity (Wildman–Crippen MR) is 84.8 cm³/mol. The first-order valence-electron chi connectivity index (χ1n) is 6.25. The van der Waals surface area contributed by atoms with Crippen LogP contribution in [-0.4, -0.2) is 21.1 Å². The minimum atomic E-state index is -0.456.